The van der Waals surface area contributed by atoms with Crippen molar-refractivity contribution in [2.24, 2.45) is 0 Å². The number of methoxy groups -OCH3 is 1. The van der Waals surface area contributed by atoms with Gasteiger partial charge in [0, 0.05) is 23.5 Å². The number of nitrogens with one attached hydrogen (secondary N) is 2. The average Bonchev–Trinajstić information content (AvgIpc) is 3.04. The van der Waals surface area contributed by atoms with Gasteiger partial charge in [0.2, 0.25) is 0 Å². The molecular weight excluding hydrogens is 302 g/mol. The second-order valence-corrected chi connectivity index (χ2v) is 6.54. The van der Waals surface area contributed by atoms with Crippen molar-refractivity contribution in [3.63, 3.8) is 0 Å². The zero-order chi connectivity index (χ0) is 17.0. The van der Waals surface area contributed by atoms with Crippen LogP contribution >= 0.6 is 0 Å². The number of hydrogen-bond acceptors (Lipinski definition) is 4. The maximum atomic E-state index is 12.3. The molecule has 1 heterocycles. The molecule has 2 aromatic rings. The Morgan fingerprint density at radius 2 is 2.12 bits per heavy atom. The fraction of sp³-hybridized carbons (Fsp3) is 0.474. The number of aromatic amines is 1. The fourth-order valence-corrected chi connectivity index (χ4v) is 3.63. The van der Waals surface area contributed by atoms with Gasteiger partial charge in [-0.3, -0.25) is 10.1 Å². The quantitative estimate of drug-likeness (QED) is 0.828. The van der Waals surface area contributed by atoms with E-state index in [1.54, 1.807) is 0 Å². The van der Waals surface area contributed by atoms with Crippen LogP contribution in [0.3, 0.4) is 0 Å². The van der Waals surface area contributed by atoms with Gasteiger partial charge in [-0.1, -0.05) is 37.5 Å². The number of fused-ring (bicyclic) bond motifs is 1. The molecule has 1 aliphatic carbocycles. The lowest BCUT2D eigenvalue weighted by molar-refractivity contribution is -0.143. The Balaban J connectivity index is 1.84. The molecule has 0 radical (unpaired) electrons. The molecule has 1 aromatic carbocycles. The summed E-state index contributed by atoms with van der Waals surface area (Å²) in [5.74, 6) is -0.319. The van der Waals surface area contributed by atoms with Gasteiger partial charge in [0.1, 0.15) is 11.6 Å². The van der Waals surface area contributed by atoms with E-state index in [4.69, 9.17) is 4.74 Å². The molecule has 3 rings (SSSR count). The van der Waals surface area contributed by atoms with Crippen molar-refractivity contribution in [1.29, 1.82) is 5.26 Å². The van der Waals surface area contributed by atoms with Crippen LogP contribution in [-0.4, -0.2) is 29.6 Å². The molecule has 0 aliphatic heterocycles. The van der Waals surface area contributed by atoms with Gasteiger partial charge < -0.3 is 9.72 Å². The maximum absolute atomic E-state index is 12.3. The first-order chi connectivity index (χ1) is 11.7. The Morgan fingerprint density at radius 3 is 2.83 bits per heavy atom. The molecule has 0 amide bonds. The Bertz CT molecular complexity index is 753. The Hall–Kier alpha value is -2.32. The zero-order valence-corrected chi connectivity index (χ0v) is 14.0. The Morgan fingerprint density at radius 1 is 1.38 bits per heavy atom. The van der Waals surface area contributed by atoms with Gasteiger partial charge in [0.05, 0.1) is 13.2 Å². The lowest BCUT2D eigenvalue weighted by Gasteiger charge is -2.34. The van der Waals surface area contributed by atoms with Gasteiger partial charge in [0.25, 0.3) is 0 Å². The molecular formula is C19H23N3O2. The second-order valence-electron chi connectivity index (χ2n) is 6.54. The van der Waals surface area contributed by atoms with E-state index in [2.05, 4.69) is 16.4 Å². The summed E-state index contributed by atoms with van der Waals surface area (Å²) in [5.41, 5.74) is 1.48. The Labute approximate surface area is 142 Å². The molecule has 0 bridgehead atoms. The molecule has 0 saturated heterocycles. The molecule has 1 saturated carbocycles. The van der Waals surface area contributed by atoms with Crippen molar-refractivity contribution < 1.29 is 9.53 Å². The normalized spacial score (nSPS) is 18.0. The van der Waals surface area contributed by atoms with E-state index in [0.717, 1.165) is 48.6 Å². The van der Waals surface area contributed by atoms with Crippen molar-refractivity contribution in [1.82, 2.24) is 10.3 Å². The second kappa shape index (κ2) is 7.06. The van der Waals surface area contributed by atoms with E-state index in [0.29, 0.717) is 6.42 Å². The predicted molar refractivity (Wildman–Crippen MR) is 92.4 cm³/mol. The number of nitrogens with zero attached hydrogens (tertiary/aromatic N) is 1. The minimum Gasteiger partial charge on any atom is -0.468 e. The van der Waals surface area contributed by atoms with E-state index in [9.17, 15) is 10.1 Å². The summed E-state index contributed by atoms with van der Waals surface area (Å²) in [6.07, 6.45) is 7.18. The topological polar surface area (TPSA) is 77.9 Å². The number of hydrogen-bond donors (Lipinski definition) is 2. The van der Waals surface area contributed by atoms with Crippen LogP contribution in [0.2, 0.25) is 0 Å². The van der Waals surface area contributed by atoms with Crippen LogP contribution in [0.25, 0.3) is 10.9 Å². The number of nitriles is 1. The summed E-state index contributed by atoms with van der Waals surface area (Å²) >= 11 is 0. The lowest BCUT2D eigenvalue weighted by atomic mass is 9.82. The minimum atomic E-state index is -0.622. The average molecular weight is 325 g/mol. The first kappa shape index (κ1) is 16.5. The van der Waals surface area contributed by atoms with E-state index < -0.39 is 11.6 Å². The molecule has 126 valence electrons. The third-order valence-electron chi connectivity index (χ3n) is 4.96. The zero-order valence-electron chi connectivity index (χ0n) is 14.0. The fourth-order valence-electron chi connectivity index (χ4n) is 3.63. The number of carbonyl (C=O) groups is 1. The minimum absolute atomic E-state index is 0.319. The van der Waals surface area contributed by atoms with Crippen LogP contribution in [0.15, 0.2) is 30.5 Å². The highest BCUT2D eigenvalue weighted by molar-refractivity contribution is 5.84. The van der Waals surface area contributed by atoms with Gasteiger partial charge in [-0.15, -0.1) is 0 Å². The molecule has 24 heavy (non-hydrogen) atoms. The predicted octanol–water partition coefficient (Wildman–Crippen LogP) is 3.07. The summed E-state index contributed by atoms with van der Waals surface area (Å²) in [6.45, 7) is 0. The van der Waals surface area contributed by atoms with Crippen LogP contribution in [0.4, 0.5) is 0 Å². The highest BCUT2D eigenvalue weighted by Crippen LogP contribution is 2.29. The number of esters is 1. The number of ether oxygens (including phenoxy) is 1. The van der Waals surface area contributed by atoms with E-state index in [1.807, 2.05) is 30.5 Å². The summed E-state index contributed by atoms with van der Waals surface area (Å²) in [4.78, 5) is 15.5. The van der Waals surface area contributed by atoms with E-state index in [-0.39, 0.29) is 5.97 Å². The molecule has 1 fully saturated rings. The molecule has 5 heteroatoms. The lowest BCUT2D eigenvalue weighted by Crippen LogP contribution is -2.54. The number of rotatable bonds is 5. The van der Waals surface area contributed by atoms with Crippen LogP contribution in [0, 0.1) is 11.3 Å². The highest BCUT2D eigenvalue weighted by atomic mass is 16.5. The van der Waals surface area contributed by atoms with Crippen LogP contribution < -0.4 is 5.32 Å². The van der Waals surface area contributed by atoms with Gasteiger partial charge in [-0.05, 0) is 24.5 Å². The van der Waals surface area contributed by atoms with Crippen LogP contribution in [-0.2, 0) is 16.0 Å². The largest absolute Gasteiger partial charge is 0.468 e. The van der Waals surface area contributed by atoms with Crippen LogP contribution in [0.1, 0.15) is 37.7 Å². The molecule has 5 nitrogen and oxygen atoms in total. The smallest absolute Gasteiger partial charge is 0.323 e. The van der Waals surface area contributed by atoms with Crippen molar-refractivity contribution in [2.45, 2.75) is 50.1 Å². The molecule has 2 N–H and O–H groups in total. The molecule has 1 aromatic heterocycles. The molecule has 1 aliphatic rings. The van der Waals surface area contributed by atoms with Crippen molar-refractivity contribution in [3.8, 4) is 6.07 Å². The summed E-state index contributed by atoms with van der Waals surface area (Å²) in [6, 6.07) is 9.91. The van der Waals surface area contributed by atoms with Gasteiger partial charge in [-0.25, -0.2) is 0 Å². The first-order valence-electron chi connectivity index (χ1n) is 8.49. The number of benzene rings is 1. The highest BCUT2D eigenvalue weighted by Gasteiger charge is 2.36. The molecule has 0 spiro atoms. The van der Waals surface area contributed by atoms with Crippen LogP contribution in [0.5, 0.6) is 0 Å². The number of aromatic nitrogens is 1. The van der Waals surface area contributed by atoms with Gasteiger partial charge in [-0.2, -0.15) is 5.26 Å². The van der Waals surface area contributed by atoms with E-state index >= 15 is 0 Å². The summed E-state index contributed by atoms with van der Waals surface area (Å²) in [5, 5.41) is 14.1. The SMILES string of the molecule is COC(=O)C(Cc1c[nH]c2ccccc12)NC1(C#N)CCCCC1. The Kier molecular flexibility index (Phi) is 4.86. The number of H-pyrrole nitrogens is 1. The number of para-hydroxylation sites is 1. The molecule has 1 atom stereocenters. The first-order valence-corrected chi connectivity index (χ1v) is 8.49. The standard InChI is InChI=1S/C19H23N3O2/c1-24-18(23)17(22-19(13-20)9-5-2-6-10-19)11-14-12-21-16-8-4-3-7-15(14)16/h3-4,7-8,12,17,21-22H,2,5-6,9-11H2,1H3. The summed E-state index contributed by atoms with van der Waals surface area (Å²) < 4.78 is 4.98. The number of carbonyl (C=O) groups excluding carboxylic acids is 1. The maximum Gasteiger partial charge on any atom is 0.323 e. The third-order valence-corrected chi connectivity index (χ3v) is 4.96. The van der Waals surface area contributed by atoms with Gasteiger partial charge >= 0.3 is 5.97 Å². The molecule has 1 unspecified atom stereocenters. The van der Waals surface area contributed by atoms with E-state index in [1.165, 1.54) is 7.11 Å². The van der Waals surface area contributed by atoms with Crippen molar-refractivity contribution >= 4 is 16.9 Å². The monoisotopic (exact) mass is 325 g/mol. The van der Waals surface area contributed by atoms with Crippen molar-refractivity contribution in [3.05, 3.63) is 36.0 Å². The summed E-state index contributed by atoms with van der Waals surface area (Å²) in [7, 11) is 1.39. The van der Waals surface area contributed by atoms with Crippen molar-refractivity contribution in [2.75, 3.05) is 7.11 Å². The van der Waals surface area contributed by atoms with Gasteiger partial charge in [0.15, 0.2) is 0 Å². The third kappa shape index (κ3) is 3.29.